The van der Waals surface area contributed by atoms with Crippen LogP contribution in [0.25, 0.3) is 0 Å². The van der Waals surface area contributed by atoms with E-state index in [0.717, 1.165) is 14.8 Å². The minimum atomic E-state index is -0.221. The number of hydrogen-bond donors (Lipinski definition) is 1. The molecule has 25 heavy (non-hydrogen) atoms. The van der Waals surface area contributed by atoms with Crippen molar-refractivity contribution in [2.75, 3.05) is 20.8 Å². The van der Waals surface area contributed by atoms with E-state index in [1.807, 2.05) is 30.3 Å². The summed E-state index contributed by atoms with van der Waals surface area (Å²) in [6, 6.07) is 9.67. The van der Waals surface area contributed by atoms with Crippen LogP contribution in [0, 0.1) is 0 Å². The molecule has 2 rings (SSSR count). The van der Waals surface area contributed by atoms with Crippen molar-refractivity contribution in [2.45, 2.75) is 32.1 Å². The number of carbonyl (C=O) groups excluding carboxylic acids is 1. The lowest BCUT2D eigenvalue weighted by molar-refractivity contribution is -0.121. The van der Waals surface area contributed by atoms with Gasteiger partial charge in [-0.3, -0.25) is 4.79 Å². The third kappa shape index (κ3) is 5.38. The Labute approximate surface area is 158 Å². The van der Waals surface area contributed by atoms with Gasteiger partial charge in [-0.1, -0.05) is 31.5 Å². The molecule has 0 saturated carbocycles. The number of methoxy groups -OCH3 is 2. The Hall–Kier alpha value is -1.72. The van der Waals surface area contributed by atoms with Gasteiger partial charge in [0.1, 0.15) is 0 Å². The fraction of sp³-hybridized carbons (Fsp3) is 0.421. The molecule has 136 valence electrons. The van der Waals surface area contributed by atoms with E-state index in [4.69, 9.17) is 21.1 Å². The summed E-state index contributed by atoms with van der Waals surface area (Å²) in [5.74, 6) is 1.42. The van der Waals surface area contributed by atoms with Gasteiger partial charge >= 0.3 is 0 Å². The van der Waals surface area contributed by atoms with Crippen molar-refractivity contribution < 1.29 is 14.3 Å². The van der Waals surface area contributed by atoms with Crippen molar-refractivity contribution >= 4 is 28.8 Å². The van der Waals surface area contributed by atoms with Gasteiger partial charge < -0.3 is 14.8 Å². The Morgan fingerprint density at radius 2 is 1.88 bits per heavy atom. The van der Waals surface area contributed by atoms with Gasteiger partial charge in [-0.2, -0.15) is 0 Å². The molecule has 1 aromatic carbocycles. The largest absolute Gasteiger partial charge is 0.493 e. The number of hydrogen-bond acceptors (Lipinski definition) is 4. The van der Waals surface area contributed by atoms with E-state index < -0.39 is 0 Å². The van der Waals surface area contributed by atoms with Gasteiger partial charge in [-0.25, -0.2) is 0 Å². The number of nitrogens with one attached hydrogen (secondary N) is 1. The summed E-state index contributed by atoms with van der Waals surface area (Å²) in [7, 11) is 3.23. The number of aryl methyl sites for hydroxylation is 1. The highest BCUT2D eigenvalue weighted by Crippen LogP contribution is 2.33. The van der Waals surface area contributed by atoms with Gasteiger partial charge in [0, 0.05) is 23.3 Å². The lowest BCUT2D eigenvalue weighted by Crippen LogP contribution is -2.36. The molecule has 2 aromatic rings. The zero-order chi connectivity index (χ0) is 18.4. The van der Waals surface area contributed by atoms with Gasteiger partial charge in [-0.15, -0.1) is 11.3 Å². The Balaban J connectivity index is 1.92. The highest BCUT2D eigenvalue weighted by atomic mass is 35.5. The van der Waals surface area contributed by atoms with Crippen molar-refractivity contribution in [2.24, 2.45) is 0 Å². The van der Waals surface area contributed by atoms with Crippen molar-refractivity contribution in [3.05, 3.63) is 45.1 Å². The van der Waals surface area contributed by atoms with Crippen molar-refractivity contribution in [3.63, 3.8) is 0 Å². The molecule has 1 amide bonds. The fourth-order valence-electron chi connectivity index (χ4n) is 2.49. The summed E-state index contributed by atoms with van der Waals surface area (Å²) in [6.45, 7) is 4.73. The van der Waals surface area contributed by atoms with Crippen molar-refractivity contribution in [1.82, 2.24) is 5.32 Å². The third-order valence-electron chi connectivity index (χ3n) is 4.12. The van der Waals surface area contributed by atoms with E-state index in [1.165, 1.54) is 11.3 Å². The lowest BCUT2D eigenvalue weighted by atomic mass is 9.84. The first-order chi connectivity index (χ1) is 11.9. The predicted octanol–water partition coefficient (Wildman–Crippen LogP) is 4.45. The first-order valence-electron chi connectivity index (χ1n) is 8.09. The second kappa shape index (κ2) is 8.59. The molecule has 1 heterocycles. The number of ether oxygens (including phenoxy) is 2. The Bertz CT molecular complexity index is 727. The van der Waals surface area contributed by atoms with E-state index in [2.05, 4.69) is 19.2 Å². The maximum Gasteiger partial charge on any atom is 0.220 e. The van der Waals surface area contributed by atoms with E-state index in [1.54, 1.807) is 14.2 Å². The maximum absolute atomic E-state index is 12.1. The maximum atomic E-state index is 12.1. The molecule has 1 N–H and O–H groups in total. The quantitative estimate of drug-likeness (QED) is 0.735. The Morgan fingerprint density at radius 1 is 1.16 bits per heavy atom. The Morgan fingerprint density at radius 3 is 2.48 bits per heavy atom. The number of thiophene rings is 1. The zero-order valence-electron chi connectivity index (χ0n) is 15.0. The molecule has 0 aliphatic carbocycles. The zero-order valence-corrected chi connectivity index (χ0v) is 16.6. The summed E-state index contributed by atoms with van der Waals surface area (Å²) >= 11 is 7.43. The first kappa shape index (κ1) is 19.6. The molecule has 0 radical (unpaired) electrons. The molecular formula is C19H24ClNO3S. The standard InChI is InChI=1S/C19H24ClNO3S/c1-19(2,13-5-8-15(23-3)16(11-13)24-4)12-21-18(22)10-7-14-6-9-17(20)25-14/h5-6,8-9,11H,7,10,12H2,1-4H3,(H,21,22). The molecule has 1 aromatic heterocycles. The van der Waals surface area contributed by atoms with Crippen molar-refractivity contribution in [1.29, 1.82) is 0 Å². The molecule has 6 heteroatoms. The van der Waals surface area contributed by atoms with Crippen LogP contribution in [-0.2, 0) is 16.6 Å². The molecule has 4 nitrogen and oxygen atoms in total. The fourth-order valence-corrected chi connectivity index (χ4v) is 3.58. The minimum absolute atomic E-state index is 0.0399. The van der Waals surface area contributed by atoms with Crippen LogP contribution in [0.1, 0.15) is 30.7 Å². The second-order valence-electron chi connectivity index (χ2n) is 6.44. The van der Waals surface area contributed by atoms with Crippen LogP contribution >= 0.6 is 22.9 Å². The van der Waals surface area contributed by atoms with Gasteiger partial charge in [0.15, 0.2) is 11.5 Å². The van der Waals surface area contributed by atoms with Gasteiger partial charge in [0.2, 0.25) is 5.91 Å². The molecule has 0 fully saturated rings. The number of amides is 1. The summed E-state index contributed by atoms with van der Waals surface area (Å²) in [6.07, 6.45) is 1.17. The molecule has 0 bridgehead atoms. The van der Waals surface area contributed by atoms with Crippen LogP contribution in [0.4, 0.5) is 0 Å². The normalized spacial score (nSPS) is 11.2. The highest BCUT2D eigenvalue weighted by Gasteiger charge is 2.23. The molecule has 0 spiro atoms. The SMILES string of the molecule is COc1ccc(C(C)(C)CNC(=O)CCc2ccc(Cl)s2)cc1OC. The van der Waals surface area contributed by atoms with Crippen LogP contribution in [0.5, 0.6) is 11.5 Å². The summed E-state index contributed by atoms with van der Waals surface area (Å²) in [5, 5.41) is 3.03. The van der Waals surface area contributed by atoms with Crippen molar-refractivity contribution in [3.8, 4) is 11.5 Å². The third-order valence-corrected chi connectivity index (χ3v) is 5.41. The molecule has 0 aliphatic heterocycles. The van der Waals surface area contributed by atoms with Crippen LogP contribution in [-0.4, -0.2) is 26.7 Å². The van der Waals surface area contributed by atoms with E-state index >= 15 is 0 Å². The molecule has 0 atom stereocenters. The first-order valence-corrected chi connectivity index (χ1v) is 9.28. The lowest BCUT2D eigenvalue weighted by Gasteiger charge is -2.26. The molecule has 0 unspecified atom stereocenters. The Kier molecular flexibility index (Phi) is 6.73. The van der Waals surface area contributed by atoms with Crippen LogP contribution in [0.15, 0.2) is 30.3 Å². The molecular weight excluding hydrogens is 358 g/mol. The number of rotatable bonds is 8. The van der Waals surface area contributed by atoms with Gasteiger partial charge in [0.05, 0.1) is 18.6 Å². The summed E-state index contributed by atoms with van der Waals surface area (Å²) in [4.78, 5) is 13.3. The average Bonchev–Trinajstić information content (AvgIpc) is 3.02. The number of halogens is 1. The molecule has 0 aliphatic rings. The predicted molar refractivity (Wildman–Crippen MR) is 103 cm³/mol. The van der Waals surface area contributed by atoms with Crippen LogP contribution in [0.3, 0.4) is 0 Å². The molecule has 0 saturated heterocycles. The summed E-state index contributed by atoms with van der Waals surface area (Å²) < 4.78 is 11.4. The van der Waals surface area contributed by atoms with E-state index in [0.29, 0.717) is 30.9 Å². The van der Waals surface area contributed by atoms with E-state index in [9.17, 15) is 4.79 Å². The smallest absolute Gasteiger partial charge is 0.220 e. The van der Waals surface area contributed by atoms with Crippen LogP contribution < -0.4 is 14.8 Å². The highest BCUT2D eigenvalue weighted by molar-refractivity contribution is 7.16. The number of benzene rings is 1. The van der Waals surface area contributed by atoms with Gasteiger partial charge in [-0.05, 0) is 36.2 Å². The van der Waals surface area contributed by atoms with Gasteiger partial charge in [0.25, 0.3) is 0 Å². The van der Waals surface area contributed by atoms with Crippen LogP contribution in [0.2, 0.25) is 4.34 Å². The summed E-state index contributed by atoms with van der Waals surface area (Å²) in [5.41, 5.74) is 0.858. The topological polar surface area (TPSA) is 47.6 Å². The second-order valence-corrected chi connectivity index (χ2v) is 8.24. The number of carbonyl (C=O) groups is 1. The minimum Gasteiger partial charge on any atom is -0.493 e. The van der Waals surface area contributed by atoms with E-state index in [-0.39, 0.29) is 11.3 Å². The average molecular weight is 382 g/mol. The monoisotopic (exact) mass is 381 g/mol.